The fourth-order valence-corrected chi connectivity index (χ4v) is 4.53. The summed E-state index contributed by atoms with van der Waals surface area (Å²) >= 11 is 0. The Hall–Kier alpha value is -3.93. The lowest BCUT2D eigenvalue weighted by atomic mass is 9.84. The normalized spacial score (nSPS) is 12.1. The molecule has 0 saturated carbocycles. The fraction of sp³-hybridized carbons (Fsp3) is 0.219. The summed E-state index contributed by atoms with van der Waals surface area (Å²) in [5.74, 6) is 0.221. The van der Waals surface area contributed by atoms with Crippen molar-refractivity contribution in [3.05, 3.63) is 136 Å². The highest BCUT2D eigenvalue weighted by Gasteiger charge is 2.40. The monoisotopic (exact) mass is 494 g/mol. The maximum Gasteiger partial charge on any atom is 0.275 e. The Morgan fingerprint density at radius 1 is 0.784 bits per heavy atom. The number of hydrazine groups is 1. The second kappa shape index (κ2) is 11.4. The SMILES string of the molecule is CCOc1ccc([C@H](NNC(=O)C(O)(c2cccc(C)c2)c2cccc(C)c2)c2cccc(C)c2)cc1. The number of carbonyl (C=O) groups is 1. The van der Waals surface area contributed by atoms with Crippen LogP contribution in [0.15, 0.2) is 97.1 Å². The van der Waals surface area contributed by atoms with E-state index in [-0.39, 0.29) is 6.04 Å². The molecule has 0 bridgehead atoms. The minimum Gasteiger partial charge on any atom is -0.494 e. The lowest BCUT2D eigenvalue weighted by molar-refractivity contribution is -0.138. The maximum atomic E-state index is 13.8. The Morgan fingerprint density at radius 2 is 1.32 bits per heavy atom. The lowest BCUT2D eigenvalue weighted by Crippen LogP contribution is -2.51. The number of benzene rings is 4. The van der Waals surface area contributed by atoms with Gasteiger partial charge in [-0.15, -0.1) is 0 Å². The smallest absolute Gasteiger partial charge is 0.275 e. The van der Waals surface area contributed by atoms with Crippen LogP contribution in [0.2, 0.25) is 0 Å². The van der Waals surface area contributed by atoms with Crippen LogP contribution in [0.5, 0.6) is 5.75 Å². The van der Waals surface area contributed by atoms with Crippen LogP contribution in [-0.2, 0) is 10.4 Å². The van der Waals surface area contributed by atoms with Crippen molar-refractivity contribution in [2.24, 2.45) is 0 Å². The molecule has 4 rings (SSSR count). The van der Waals surface area contributed by atoms with Gasteiger partial charge in [0.15, 0.2) is 5.60 Å². The van der Waals surface area contributed by atoms with Gasteiger partial charge in [-0.05, 0) is 62.1 Å². The standard InChI is InChI=1S/C32H34N2O3/c1-5-37-29-17-15-25(16-18-29)30(26-12-6-9-22(2)19-26)33-34-31(35)32(36,27-13-7-10-23(3)20-27)28-14-8-11-24(4)21-28/h6-21,30,33,36H,5H2,1-4H3,(H,34,35)/t30-/m0/s1. The first-order valence-corrected chi connectivity index (χ1v) is 12.5. The number of rotatable bonds is 9. The molecule has 4 aromatic carbocycles. The molecule has 0 aromatic heterocycles. The quantitative estimate of drug-likeness (QED) is 0.263. The van der Waals surface area contributed by atoms with Crippen LogP contribution >= 0.6 is 0 Å². The third kappa shape index (κ3) is 5.91. The van der Waals surface area contributed by atoms with Gasteiger partial charge >= 0.3 is 0 Å². The van der Waals surface area contributed by atoms with Gasteiger partial charge in [0, 0.05) is 0 Å². The molecule has 0 heterocycles. The molecule has 4 aromatic rings. The van der Waals surface area contributed by atoms with Gasteiger partial charge in [-0.2, -0.15) is 0 Å². The van der Waals surface area contributed by atoms with E-state index in [1.807, 2.05) is 107 Å². The van der Waals surface area contributed by atoms with Crippen molar-refractivity contribution in [2.45, 2.75) is 39.3 Å². The van der Waals surface area contributed by atoms with Crippen molar-refractivity contribution in [1.29, 1.82) is 0 Å². The molecule has 0 aliphatic heterocycles. The highest BCUT2D eigenvalue weighted by molar-refractivity contribution is 5.90. The van der Waals surface area contributed by atoms with Gasteiger partial charge in [0.1, 0.15) is 5.75 Å². The fourth-order valence-electron chi connectivity index (χ4n) is 4.53. The van der Waals surface area contributed by atoms with Crippen molar-refractivity contribution in [3.63, 3.8) is 0 Å². The molecular formula is C32H34N2O3. The van der Waals surface area contributed by atoms with Crippen molar-refractivity contribution < 1.29 is 14.6 Å². The first-order chi connectivity index (χ1) is 17.8. The Bertz CT molecular complexity index is 1320. The van der Waals surface area contributed by atoms with Crippen molar-refractivity contribution in [2.75, 3.05) is 6.61 Å². The number of aryl methyl sites for hydroxylation is 3. The molecule has 0 aliphatic rings. The Balaban J connectivity index is 1.69. The van der Waals surface area contributed by atoms with Gasteiger partial charge in [-0.25, -0.2) is 5.43 Å². The Morgan fingerprint density at radius 3 is 1.84 bits per heavy atom. The summed E-state index contributed by atoms with van der Waals surface area (Å²) in [6.45, 7) is 8.45. The van der Waals surface area contributed by atoms with Crippen molar-refractivity contribution >= 4 is 5.91 Å². The summed E-state index contributed by atoms with van der Waals surface area (Å²) in [4.78, 5) is 13.8. The number of amides is 1. The molecule has 0 radical (unpaired) electrons. The van der Waals surface area contributed by atoms with Gasteiger partial charge in [0.2, 0.25) is 0 Å². The molecule has 0 spiro atoms. The molecule has 190 valence electrons. The van der Waals surface area contributed by atoms with Crippen LogP contribution in [0.4, 0.5) is 0 Å². The molecule has 0 aliphatic carbocycles. The highest BCUT2D eigenvalue weighted by atomic mass is 16.5. The van der Waals surface area contributed by atoms with E-state index in [2.05, 4.69) is 16.9 Å². The number of hydrogen-bond donors (Lipinski definition) is 3. The zero-order valence-electron chi connectivity index (χ0n) is 21.8. The average Bonchev–Trinajstić information content (AvgIpc) is 2.89. The average molecular weight is 495 g/mol. The highest BCUT2D eigenvalue weighted by Crippen LogP contribution is 2.32. The molecule has 0 saturated heterocycles. The molecular weight excluding hydrogens is 460 g/mol. The first-order valence-electron chi connectivity index (χ1n) is 12.5. The second-order valence-electron chi connectivity index (χ2n) is 9.40. The third-order valence-electron chi connectivity index (χ3n) is 6.43. The minimum atomic E-state index is -1.89. The van der Waals surface area contributed by atoms with E-state index in [1.54, 1.807) is 12.1 Å². The number of hydrogen-bond acceptors (Lipinski definition) is 4. The minimum absolute atomic E-state index is 0.348. The molecule has 1 atom stereocenters. The van der Waals surface area contributed by atoms with Crippen LogP contribution in [-0.4, -0.2) is 17.6 Å². The van der Waals surface area contributed by atoms with E-state index in [1.165, 1.54) is 0 Å². The lowest BCUT2D eigenvalue weighted by Gasteiger charge is -2.30. The van der Waals surface area contributed by atoms with Gasteiger partial charge < -0.3 is 9.84 Å². The van der Waals surface area contributed by atoms with Crippen LogP contribution in [0.1, 0.15) is 51.9 Å². The third-order valence-corrected chi connectivity index (χ3v) is 6.43. The number of ether oxygens (including phenoxy) is 1. The molecule has 1 amide bonds. The largest absolute Gasteiger partial charge is 0.494 e. The second-order valence-corrected chi connectivity index (χ2v) is 9.40. The first kappa shape index (κ1) is 26.1. The molecule has 0 unspecified atom stereocenters. The van der Waals surface area contributed by atoms with Crippen LogP contribution in [0.25, 0.3) is 0 Å². The van der Waals surface area contributed by atoms with Crippen LogP contribution in [0, 0.1) is 20.8 Å². The maximum absolute atomic E-state index is 13.8. The van der Waals surface area contributed by atoms with E-state index in [4.69, 9.17) is 4.74 Å². The zero-order valence-corrected chi connectivity index (χ0v) is 21.8. The Labute approximate surface area is 219 Å². The molecule has 0 fully saturated rings. The molecule has 3 N–H and O–H groups in total. The van der Waals surface area contributed by atoms with E-state index in [0.29, 0.717) is 17.7 Å². The Kier molecular flexibility index (Phi) is 8.07. The van der Waals surface area contributed by atoms with Crippen LogP contribution in [0.3, 0.4) is 0 Å². The summed E-state index contributed by atoms with van der Waals surface area (Å²) in [5, 5.41) is 12.0. The predicted octanol–water partition coefficient (Wildman–Crippen LogP) is 5.66. The summed E-state index contributed by atoms with van der Waals surface area (Å²) in [6, 6.07) is 30.4. The molecule has 5 heteroatoms. The van der Waals surface area contributed by atoms with E-state index in [9.17, 15) is 9.90 Å². The van der Waals surface area contributed by atoms with Crippen molar-refractivity contribution in [1.82, 2.24) is 10.9 Å². The van der Waals surface area contributed by atoms with Crippen LogP contribution < -0.4 is 15.6 Å². The van der Waals surface area contributed by atoms with E-state index < -0.39 is 11.5 Å². The molecule has 37 heavy (non-hydrogen) atoms. The summed E-state index contributed by atoms with van der Waals surface area (Å²) in [5.41, 5.74) is 10.1. The van der Waals surface area contributed by atoms with E-state index in [0.717, 1.165) is 33.6 Å². The van der Waals surface area contributed by atoms with E-state index >= 15 is 0 Å². The van der Waals surface area contributed by atoms with Gasteiger partial charge in [-0.1, -0.05) is 102 Å². The zero-order chi connectivity index (χ0) is 26.4. The summed E-state index contributed by atoms with van der Waals surface area (Å²) in [6.07, 6.45) is 0. The van der Waals surface area contributed by atoms with Gasteiger partial charge in [0.25, 0.3) is 5.91 Å². The molecule has 5 nitrogen and oxygen atoms in total. The summed E-state index contributed by atoms with van der Waals surface area (Å²) in [7, 11) is 0. The van der Waals surface area contributed by atoms with Gasteiger partial charge in [0.05, 0.1) is 12.6 Å². The number of carbonyl (C=O) groups excluding carboxylic acids is 1. The van der Waals surface area contributed by atoms with Crippen molar-refractivity contribution in [3.8, 4) is 5.75 Å². The van der Waals surface area contributed by atoms with Gasteiger partial charge in [-0.3, -0.25) is 10.2 Å². The number of nitrogens with one attached hydrogen (secondary N) is 2. The topological polar surface area (TPSA) is 70.6 Å². The number of aliphatic hydroxyl groups is 1. The predicted molar refractivity (Wildman–Crippen MR) is 147 cm³/mol. The summed E-state index contributed by atoms with van der Waals surface area (Å²) < 4.78 is 5.60.